The number of halogens is 3. The van der Waals surface area contributed by atoms with Crippen molar-refractivity contribution in [2.75, 3.05) is 0 Å². The van der Waals surface area contributed by atoms with Crippen molar-refractivity contribution in [2.45, 2.75) is 18.4 Å². The summed E-state index contributed by atoms with van der Waals surface area (Å²) in [4.78, 5) is 15.7. The van der Waals surface area contributed by atoms with Gasteiger partial charge in [0, 0.05) is 15.6 Å². The number of nitrogens with one attached hydrogen (secondary N) is 1. The van der Waals surface area contributed by atoms with Crippen LogP contribution < -0.4 is 11.1 Å². The van der Waals surface area contributed by atoms with Gasteiger partial charge >= 0.3 is 0 Å². The average molecular weight is 474 g/mol. The Morgan fingerprint density at radius 3 is 2.39 bits per heavy atom. The van der Waals surface area contributed by atoms with Gasteiger partial charge in [0.25, 0.3) is 0 Å². The van der Waals surface area contributed by atoms with Crippen LogP contribution >= 0.6 is 34.8 Å². The van der Waals surface area contributed by atoms with Crippen LogP contribution in [0.5, 0.6) is 0 Å². The van der Waals surface area contributed by atoms with E-state index in [4.69, 9.17) is 40.5 Å². The van der Waals surface area contributed by atoms with Crippen molar-refractivity contribution >= 4 is 46.5 Å². The third-order valence-electron chi connectivity index (χ3n) is 4.97. The summed E-state index contributed by atoms with van der Waals surface area (Å²) in [6, 6.07) is 14.0. The molecule has 1 fully saturated rings. The van der Waals surface area contributed by atoms with Crippen LogP contribution in [0.25, 0.3) is 16.9 Å². The minimum absolute atomic E-state index is 0.151. The fourth-order valence-corrected chi connectivity index (χ4v) is 3.76. The predicted octanol–water partition coefficient (Wildman–Crippen LogP) is 4.33. The SMILES string of the molecule is N#CN=C(NC1(C(N)=O)CC1)c1cc(-c2ccc(Cl)cc2)n(-c2ccc(Cl)cc2Cl)n1. The van der Waals surface area contributed by atoms with Gasteiger partial charge in [-0.1, -0.05) is 46.9 Å². The molecule has 0 aliphatic heterocycles. The molecule has 0 bridgehead atoms. The van der Waals surface area contributed by atoms with Gasteiger partial charge in [0.2, 0.25) is 12.1 Å². The van der Waals surface area contributed by atoms with Gasteiger partial charge < -0.3 is 11.1 Å². The van der Waals surface area contributed by atoms with Gasteiger partial charge in [-0.3, -0.25) is 4.79 Å². The molecular formula is C21H15Cl3N6O. The minimum atomic E-state index is -0.919. The fraction of sp³-hybridized carbons (Fsp3) is 0.143. The van der Waals surface area contributed by atoms with Crippen molar-refractivity contribution < 1.29 is 4.79 Å². The van der Waals surface area contributed by atoms with E-state index in [1.807, 2.05) is 12.1 Å². The van der Waals surface area contributed by atoms with E-state index in [2.05, 4.69) is 15.4 Å². The summed E-state index contributed by atoms with van der Waals surface area (Å²) in [7, 11) is 0. The van der Waals surface area contributed by atoms with E-state index in [9.17, 15) is 10.1 Å². The first-order valence-corrected chi connectivity index (χ1v) is 10.3. The molecule has 4 rings (SSSR count). The number of amides is 1. The lowest BCUT2D eigenvalue weighted by molar-refractivity contribution is -0.120. The fourth-order valence-electron chi connectivity index (χ4n) is 3.14. The Morgan fingerprint density at radius 2 is 1.81 bits per heavy atom. The summed E-state index contributed by atoms with van der Waals surface area (Å²) in [5, 5.41) is 18.3. The molecule has 3 aromatic rings. The third kappa shape index (κ3) is 4.23. The maximum atomic E-state index is 11.8. The molecule has 1 aromatic heterocycles. The van der Waals surface area contributed by atoms with E-state index in [1.165, 1.54) is 0 Å². The van der Waals surface area contributed by atoms with E-state index in [0.717, 1.165) is 5.56 Å². The molecule has 2 aromatic carbocycles. The van der Waals surface area contributed by atoms with Gasteiger partial charge in [-0.25, -0.2) is 4.68 Å². The maximum Gasteiger partial charge on any atom is 0.243 e. The lowest BCUT2D eigenvalue weighted by atomic mass is 10.1. The largest absolute Gasteiger partial charge is 0.368 e. The summed E-state index contributed by atoms with van der Waals surface area (Å²) >= 11 is 18.5. The number of hydrogen-bond acceptors (Lipinski definition) is 4. The molecule has 0 unspecified atom stereocenters. The number of rotatable bonds is 5. The van der Waals surface area contributed by atoms with Gasteiger partial charge in [-0.2, -0.15) is 15.4 Å². The molecule has 0 radical (unpaired) electrons. The lowest BCUT2D eigenvalue weighted by Gasteiger charge is -2.14. The number of aliphatic imine (C=N–C) groups is 1. The quantitative estimate of drug-likeness (QED) is 0.326. The summed E-state index contributed by atoms with van der Waals surface area (Å²) < 4.78 is 1.62. The van der Waals surface area contributed by atoms with Crippen molar-refractivity contribution in [3.8, 4) is 23.1 Å². The molecule has 0 atom stereocenters. The highest BCUT2D eigenvalue weighted by molar-refractivity contribution is 6.35. The van der Waals surface area contributed by atoms with Gasteiger partial charge in [-0.15, -0.1) is 0 Å². The van der Waals surface area contributed by atoms with Gasteiger partial charge in [0.15, 0.2) is 5.84 Å². The van der Waals surface area contributed by atoms with Crippen molar-refractivity contribution in [1.29, 1.82) is 5.26 Å². The van der Waals surface area contributed by atoms with E-state index in [1.54, 1.807) is 47.3 Å². The second-order valence-corrected chi connectivity index (χ2v) is 8.34. The number of carbonyl (C=O) groups is 1. The Kier molecular flexibility index (Phi) is 5.63. The van der Waals surface area contributed by atoms with Crippen LogP contribution in [-0.4, -0.2) is 27.1 Å². The molecule has 156 valence electrons. The molecule has 7 nitrogen and oxygen atoms in total. The second kappa shape index (κ2) is 8.23. The van der Waals surface area contributed by atoms with Crippen LogP contribution in [0.3, 0.4) is 0 Å². The Labute approximate surface area is 193 Å². The highest BCUT2D eigenvalue weighted by Crippen LogP contribution is 2.36. The van der Waals surface area contributed by atoms with Crippen LogP contribution in [0, 0.1) is 11.5 Å². The predicted molar refractivity (Wildman–Crippen MR) is 120 cm³/mol. The first kappa shape index (κ1) is 21.2. The van der Waals surface area contributed by atoms with Crippen LogP contribution in [0.2, 0.25) is 15.1 Å². The first-order chi connectivity index (χ1) is 14.8. The summed E-state index contributed by atoms with van der Waals surface area (Å²) in [6.45, 7) is 0. The summed E-state index contributed by atoms with van der Waals surface area (Å²) in [6.07, 6.45) is 2.87. The number of nitriles is 1. The highest BCUT2D eigenvalue weighted by atomic mass is 35.5. The molecule has 1 aliphatic rings. The first-order valence-electron chi connectivity index (χ1n) is 9.20. The highest BCUT2D eigenvalue weighted by Gasteiger charge is 2.49. The Hall–Kier alpha value is -3.05. The molecule has 0 spiro atoms. The molecule has 1 aliphatic carbocycles. The molecule has 1 heterocycles. The Morgan fingerprint density at radius 1 is 1.13 bits per heavy atom. The lowest BCUT2D eigenvalue weighted by Crippen LogP contribution is -2.47. The Bertz CT molecular complexity index is 1240. The van der Waals surface area contributed by atoms with Crippen LogP contribution in [0.1, 0.15) is 18.5 Å². The van der Waals surface area contributed by atoms with Crippen LogP contribution in [-0.2, 0) is 4.79 Å². The molecule has 10 heteroatoms. The molecule has 1 saturated carbocycles. The number of hydrogen-bond donors (Lipinski definition) is 2. The van der Waals surface area contributed by atoms with Crippen molar-refractivity contribution in [3.63, 3.8) is 0 Å². The van der Waals surface area contributed by atoms with Gasteiger partial charge in [0.1, 0.15) is 11.2 Å². The van der Waals surface area contributed by atoms with E-state index in [-0.39, 0.29) is 5.84 Å². The number of benzene rings is 2. The van der Waals surface area contributed by atoms with Crippen molar-refractivity contribution in [3.05, 3.63) is 69.3 Å². The van der Waals surface area contributed by atoms with Gasteiger partial charge in [-0.05, 0) is 49.2 Å². The van der Waals surface area contributed by atoms with Crippen LogP contribution in [0.15, 0.2) is 53.5 Å². The van der Waals surface area contributed by atoms with Crippen LogP contribution in [0.4, 0.5) is 0 Å². The molecule has 31 heavy (non-hydrogen) atoms. The number of primary amides is 1. The van der Waals surface area contributed by atoms with E-state index < -0.39 is 11.4 Å². The van der Waals surface area contributed by atoms with Gasteiger partial charge in [0.05, 0.1) is 16.4 Å². The molecular weight excluding hydrogens is 459 g/mol. The molecule has 0 saturated heterocycles. The van der Waals surface area contributed by atoms with Crippen molar-refractivity contribution in [1.82, 2.24) is 15.1 Å². The number of carbonyl (C=O) groups excluding carboxylic acids is 1. The number of nitrogens with two attached hydrogens (primary N) is 1. The standard InChI is InChI=1S/C21H15Cl3N6O/c22-13-3-1-12(2-4-13)18-10-16(19(27-11-25)28-21(7-8-21)20(26)31)29-30(18)17-6-5-14(23)9-15(17)24/h1-6,9-10H,7-8H2,(H2,26,31)(H,27,28). The zero-order chi connectivity index (χ0) is 22.2. The van der Waals surface area contributed by atoms with E-state index >= 15 is 0 Å². The molecule has 1 amide bonds. The normalized spacial score (nSPS) is 14.7. The number of nitrogens with zero attached hydrogens (tertiary/aromatic N) is 4. The van der Waals surface area contributed by atoms with E-state index in [0.29, 0.717) is 45.0 Å². The zero-order valence-electron chi connectivity index (χ0n) is 15.9. The third-order valence-corrected chi connectivity index (χ3v) is 5.76. The maximum absolute atomic E-state index is 11.8. The summed E-state index contributed by atoms with van der Waals surface area (Å²) in [5.41, 5.74) is 7.00. The number of aromatic nitrogens is 2. The molecule has 3 N–H and O–H groups in total. The Balaban J connectivity index is 1.86. The smallest absolute Gasteiger partial charge is 0.243 e. The average Bonchev–Trinajstić information content (AvgIpc) is 3.39. The minimum Gasteiger partial charge on any atom is -0.368 e. The second-order valence-electron chi connectivity index (χ2n) is 7.06. The zero-order valence-corrected chi connectivity index (χ0v) is 18.2. The monoisotopic (exact) mass is 472 g/mol. The topological polar surface area (TPSA) is 109 Å². The summed E-state index contributed by atoms with van der Waals surface area (Å²) in [5.74, 6) is -0.353. The van der Waals surface area contributed by atoms with Crippen molar-refractivity contribution in [2.24, 2.45) is 10.7 Å². The number of amidine groups is 1.